The van der Waals surface area contributed by atoms with Crippen LogP contribution in [0.25, 0.3) is 5.69 Å². The Hall–Kier alpha value is -3.15. The number of Topliss-reactive ketones (excluding diaryl/α,β-unsaturated/α-hetero) is 1. The van der Waals surface area contributed by atoms with Crippen molar-refractivity contribution in [3.05, 3.63) is 70.8 Å². The van der Waals surface area contributed by atoms with Crippen LogP contribution >= 0.6 is 0 Å². The molecule has 0 radical (unpaired) electrons. The van der Waals surface area contributed by atoms with Gasteiger partial charge in [0.25, 0.3) is 5.91 Å². The molecule has 6 nitrogen and oxygen atoms in total. The summed E-state index contributed by atoms with van der Waals surface area (Å²) < 4.78 is 1.78. The van der Waals surface area contributed by atoms with Crippen LogP contribution in [0.3, 0.4) is 0 Å². The Morgan fingerprint density at radius 1 is 1.19 bits per heavy atom. The number of aromatic amines is 1. The second kappa shape index (κ2) is 7.00. The number of hydrogen-bond donors (Lipinski definition) is 1. The lowest BCUT2D eigenvalue weighted by Crippen LogP contribution is -2.27. The molecule has 0 spiro atoms. The van der Waals surface area contributed by atoms with E-state index in [0.29, 0.717) is 23.4 Å². The van der Waals surface area contributed by atoms with Crippen LogP contribution in [0.15, 0.2) is 42.7 Å². The third-order valence-electron chi connectivity index (χ3n) is 4.43. The number of nitrogens with one attached hydrogen (secondary N) is 1. The Labute approximate surface area is 152 Å². The van der Waals surface area contributed by atoms with Gasteiger partial charge in [-0.05, 0) is 38.5 Å². The zero-order valence-corrected chi connectivity index (χ0v) is 15.4. The molecule has 0 bridgehead atoms. The second-order valence-electron chi connectivity index (χ2n) is 6.47. The largest absolute Gasteiger partial charge is 0.354 e. The van der Waals surface area contributed by atoms with Gasteiger partial charge in [-0.15, -0.1) is 0 Å². The van der Waals surface area contributed by atoms with E-state index in [0.717, 1.165) is 16.9 Å². The molecule has 0 saturated heterocycles. The van der Waals surface area contributed by atoms with Crippen molar-refractivity contribution in [3.63, 3.8) is 0 Å². The summed E-state index contributed by atoms with van der Waals surface area (Å²) >= 11 is 0. The van der Waals surface area contributed by atoms with Gasteiger partial charge in [0.05, 0.1) is 11.9 Å². The summed E-state index contributed by atoms with van der Waals surface area (Å²) in [6, 6.07) is 9.81. The van der Waals surface area contributed by atoms with Crippen LogP contribution in [-0.4, -0.2) is 38.4 Å². The summed E-state index contributed by atoms with van der Waals surface area (Å²) in [5, 5.41) is 4.36. The summed E-state index contributed by atoms with van der Waals surface area (Å²) in [5.74, 6) is -0.187. The average molecular weight is 350 g/mol. The van der Waals surface area contributed by atoms with Crippen LogP contribution in [-0.2, 0) is 6.54 Å². The fourth-order valence-corrected chi connectivity index (χ4v) is 3.19. The van der Waals surface area contributed by atoms with Crippen molar-refractivity contribution < 1.29 is 9.59 Å². The third-order valence-corrected chi connectivity index (χ3v) is 4.43. The lowest BCUT2D eigenvalue weighted by Gasteiger charge is -2.16. The molecule has 0 atom stereocenters. The van der Waals surface area contributed by atoms with Crippen molar-refractivity contribution in [2.75, 3.05) is 7.05 Å². The van der Waals surface area contributed by atoms with Gasteiger partial charge in [-0.25, -0.2) is 4.68 Å². The number of nitrogens with zero attached hydrogens (tertiary/aromatic N) is 3. The van der Waals surface area contributed by atoms with Crippen molar-refractivity contribution in [2.24, 2.45) is 0 Å². The summed E-state index contributed by atoms with van der Waals surface area (Å²) in [6.07, 6.45) is 3.66. The van der Waals surface area contributed by atoms with Crippen molar-refractivity contribution in [3.8, 4) is 5.69 Å². The zero-order valence-electron chi connectivity index (χ0n) is 15.4. The first-order chi connectivity index (χ1) is 12.4. The lowest BCUT2D eigenvalue weighted by atomic mass is 10.1. The highest BCUT2D eigenvalue weighted by molar-refractivity contribution is 6.02. The highest BCUT2D eigenvalue weighted by Gasteiger charge is 2.22. The van der Waals surface area contributed by atoms with Crippen LogP contribution in [0.2, 0.25) is 0 Å². The normalized spacial score (nSPS) is 10.8. The standard InChI is InChI=1S/C20H22N4O2/c1-13-18(15(3)25)14(2)22-19(13)20(26)23(4)11-16-10-21-24(12-16)17-8-6-5-7-9-17/h5-10,12,22H,11H2,1-4H3. The van der Waals surface area contributed by atoms with Crippen molar-refractivity contribution >= 4 is 11.7 Å². The van der Waals surface area contributed by atoms with E-state index in [1.165, 1.54) is 6.92 Å². The third kappa shape index (κ3) is 3.31. The van der Waals surface area contributed by atoms with E-state index in [1.54, 1.807) is 29.7 Å². The molecule has 134 valence electrons. The smallest absolute Gasteiger partial charge is 0.270 e. The van der Waals surface area contributed by atoms with Crippen molar-refractivity contribution in [1.82, 2.24) is 19.7 Å². The number of ketones is 1. The van der Waals surface area contributed by atoms with E-state index in [-0.39, 0.29) is 11.7 Å². The highest BCUT2D eigenvalue weighted by atomic mass is 16.2. The molecular formula is C20H22N4O2. The number of rotatable bonds is 5. The number of amides is 1. The summed E-state index contributed by atoms with van der Waals surface area (Å²) in [6.45, 7) is 5.55. The monoisotopic (exact) mass is 350 g/mol. The molecular weight excluding hydrogens is 328 g/mol. The first-order valence-corrected chi connectivity index (χ1v) is 8.43. The molecule has 26 heavy (non-hydrogen) atoms. The van der Waals surface area contributed by atoms with E-state index in [4.69, 9.17) is 0 Å². The molecule has 1 amide bonds. The minimum atomic E-state index is -0.148. The SMILES string of the molecule is CC(=O)c1c(C)[nH]c(C(=O)N(C)Cc2cnn(-c3ccccc3)c2)c1C. The molecule has 2 heterocycles. The molecule has 0 aliphatic carbocycles. The Morgan fingerprint density at radius 2 is 1.88 bits per heavy atom. The van der Waals surface area contributed by atoms with Crippen molar-refractivity contribution in [2.45, 2.75) is 27.3 Å². The van der Waals surface area contributed by atoms with Gasteiger partial charge in [0.15, 0.2) is 5.78 Å². The summed E-state index contributed by atoms with van der Waals surface area (Å²) in [7, 11) is 1.74. The second-order valence-corrected chi connectivity index (χ2v) is 6.47. The Balaban J connectivity index is 1.78. The van der Waals surface area contributed by atoms with Crippen LogP contribution in [0, 0.1) is 13.8 Å². The van der Waals surface area contributed by atoms with E-state index in [1.807, 2.05) is 43.5 Å². The molecule has 3 rings (SSSR count). The van der Waals surface area contributed by atoms with Crippen LogP contribution < -0.4 is 0 Å². The van der Waals surface area contributed by atoms with E-state index >= 15 is 0 Å². The quantitative estimate of drug-likeness (QED) is 0.718. The number of aromatic nitrogens is 3. The lowest BCUT2D eigenvalue weighted by molar-refractivity contribution is 0.0779. The van der Waals surface area contributed by atoms with Gasteiger partial charge in [0.2, 0.25) is 0 Å². The van der Waals surface area contributed by atoms with Crippen LogP contribution in [0.5, 0.6) is 0 Å². The number of H-pyrrole nitrogens is 1. The Morgan fingerprint density at radius 3 is 2.50 bits per heavy atom. The number of para-hydroxylation sites is 1. The van der Waals surface area contributed by atoms with Gasteiger partial charge in [-0.3, -0.25) is 9.59 Å². The van der Waals surface area contributed by atoms with Gasteiger partial charge in [0, 0.05) is 36.6 Å². The van der Waals surface area contributed by atoms with Gasteiger partial charge >= 0.3 is 0 Å². The zero-order chi connectivity index (χ0) is 18.8. The van der Waals surface area contributed by atoms with Crippen LogP contribution in [0.4, 0.5) is 0 Å². The predicted octanol–water partition coefficient (Wildman–Crippen LogP) is 3.29. The molecule has 0 unspecified atom stereocenters. The number of carbonyl (C=O) groups excluding carboxylic acids is 2. The van der Waals surface area contributed by atoms with Crippen LogP contribution in [0.1, 0.15) is 44.6 Å². The number of benzene rings is 1. The van der Waals surface area contributed by atoms with E-state index in [9.17, 15) is 9.59 Å². The highest BCUT2D eigenvalue weighted by Crippen LogP contribution is 2.20. The summed E-state index contributed by atoms with van der Waals surface area (Å²) in [5.41, 5.74) is 4.38. The van der Waals surface area contributed by atoms with Crippen molar-refractivity contribution in [1.29, 1.82) is 0 Å². The van der Waals surface area contributed by atoms with Gasteiger partial charge in [-0.1, -0.05) is 18.2 Å². The summed E-state index contributed by atoms with van der Waals surface area (Å²) in [4.78, 5) is 29.2. The Kier molecular flexibility index (Phi) is 4.75. The molecule has 0 aliphatic heterocycles. The molecule has 0 aliphatic rings. The average Bonchev–Trinajstić information content (AvgIpc) is 3.19. The molecule has 0 fully saturated rings. The predicted molar refractivity (Wildman–Crippen MR) is 99.6 cm³/mol. The first kappa shape index (κ1) is 17.7. The van der Waals surface area contributed by atoms with Gasteiger partial charge < -0.3 is 9.88 Å². The number of hydrogen-bond acceptors (Lipinski definition) is 3. The fraction of sp³-hybridized carbons (Fsp3) is 0.250. The minimum absolute atomic E-state index is 0.0397. The number of carbonyl (C=O) groups is 2. The maximum absolute atomic E-state index is 12.8. The molecule has 1 N–H and O–H groups in total. The Bertz CT molecular complexity index is 954. The van der Waals surface area contributed by atoms with E-state index < -0.39 is 0 Å². The molecule has 2 aromatic heterocycles. The molecule has 3 aromatic rings. The van der Waals surface area contributed by atoms with E-state index in [2.05, 4.69) is 10.1 Å². The molecule has 6 heteroatoms. The maximum Gasteiger partial charge on any atom is 0.270 e. The minimum Gasteiger partial charge on any atom is -0.354 e. The number of aryl methyl sites for hydroxylation is 1. The molecule has 0 saturated carbocycles. The first-order valence-electron chi connectivity index (χ1n) is 8.43. The fourth-order valence-electron chi connectivity index (χ4n) is 3.19. The topological polar surface area (TPSA) is 71.0 Å². The maximum atomic E-state index is 12.8. The van der Waals surface area contributed by atoms with Gasteiger partial charge in [-0.2, -0.15) is 5.10 Å². The van der Waals surface area contributed by atoms with Gasteiger partial charge in [0.1, 0.15) is 5.69 Å². The molecule has 1 aromatic carbocycles.